The molecule has 0 aliphatic heterocycles. The molecule has 1 aliphatic carbocycles. The zero-order chi connectivity index (χ0) is 19.9. The molecule has 0 bridgehead atoms. The number of fused-ring (bicyclic) bond motifs is 1. The topological polar surface area (TPSA) is 84.4 Å². The molecule has 1 fully saturated rings. The summed E-state index contributed by atoms with van der Waals surface area (Å²) < 4.78 is 29.2. The van der Waals surface area contributed by atoms with Crippen molar-refractivity contribution in [2.75, 3.05) is 10.6 Å². The first-order valence-corrected chi connectivity index (χ1v) is 10.1. The van der Waals surface area contributed by atoms with Gasteiger partial charge in [-0.1, -0.05) is 11.6 Å². The SMILES string of the molecule is N[C@@H]1[C@H](Nc2ccc3ccc(C(=O)Nc4cscc4Cl)n3n2)CCCC1(F)F. The van der Waals surface area contributed by atoms with Crippen LogP contribution in [0, 0.1) is 0 Å². The van der Waals surface area contributed by atoms with E-state index in [1.165, 1.54) is 15.9 Å². The Morgan fingerprint density at radius 1 is 1.32 bits per heavy atom. The van der Waals surface area contributed by atoms with Crippen molar-refractivity contribution in [3.8, 4) is 0 Å². The van der Waals surface area contributed by atoms with E-state index >= 15 is 0 Å². The number of alkyl halides is 2. The molecule has 1 amide bonds. The van der Waals surface area contributed by atoms with E-state index in [9.17, 15) is 13.6 Å². The van der Waals surface area contributed by atoms with Crippen LogP contribution in [0.1, 0.15) is 29.8 Å². The summed E-state index contributed by atoms with van der Waals surface area (Å²) in [4.78, 5) is 12.6. The van der Waals surface area contributed by atoms with Crippen LogP contribution in [0.15, 0.2) is 35.0 Å². The highest BCUT2D eigenvalue weighted by Crippen LogP contribution is 2.33. The number of anilines is 2. The van der Waals surface area contributed by atoms with Gasteiger partial charge in [0.15, 0.2) is 0 Å². The van der Waals surface area contributed by atoms with Crippen LogP contribution in [-0.4, -0.2) is 33.5 Å². The Morgan fingerprint density at radius 3 is 2.86 bits per heavy atom. The van der Waals surface area contributed by atoms with Crippen LogP contribution < -0.4 is 16.4 Å². The molecule has 0 spiro atoms. The van der Waals surface area contributed by atoms with Gasteiger partial charge in [-0.3, -0.25) is 4.79 Å². The second-order valence-electron chi connectivity index (χ2n) is 6.79. The fourth-order valence-electron chi connectivity index (χ4n) is 3.34. The van der Waals surface area contributed by atoms with Gasteiger partial charge >= 0.3 is 0 Å². The molecule has 6 nitrogen and oxygen atoms in total. The molecule has 10 heteroatoms. The highest BCUT2D eigenvalue weighted by molar-refractivity contribution is 7.09. The fourth-order valence-corrected chi connectivity index (χ4v) is 4.30. The van der Waals surface area contributed by atoms with E-state index in [2.05, 4.69) is 15.7 Å². The van der Waals surface area contributed by atoms with Gasteiger partial charge in [0.1, 0.15) is 11.5 Å². The normalized spacial score (nSPS) is 21.6. The van der Waals surface area contributed by atoms with Crippen LogP contribution in [0.5, 0.6) is 0 Å². The highest BCUT2D eigenvalue weighted by atomic mass is 35.5. The molecule has 3 aromatic heterocycles. The highest BCUT2D eigenvalue weighted by Gasteiger charge is 2.44. The first kappa shape index (κ1) is 19.1. The molecule has 0 aromatic carbocycles. The van der Waals surface area contributed by atoms with E-state index in [1.807, 2.05) is 0 Å². The number of aromatic nitrogens is 2. The first-order valence-electron chi connectivity index (χ1n) is 8.77. The Bertz CT molecular complexity index is 1020. The molecule has 28 heavy (non-hydrogen) atoms. The molecule has 1 saturated carbocycles. The molecule has 148 valence electrons. The van der Waals surface area contributed by atoms with Gasteiger partial charge in [-0.05, 0) is 37.1 Å². The zero-order valence-electron chi connectivity index (χ0n) is 14.7. The standard InChI is InChI=1S/C18H18ClF2N5OS/c19-11-8-28-9-13(11)24-17(27)14-5-3-10-4-6-15(25-26(10)14)23-12-2-1-7-18(20,21)16(12)22/h3-6,8-9,12,16H,1-2,7,22H2,(H,23,25)(H,24,27)/t12-,16-/m1/s1. The molecule has 0 radical (unpaired) electrons. The van der Waals surface area contributed by atoms with E-state index in [0.29, 0.717) is 40.6 Å². The maximum atomic E-state index is 13.9. The molecule has 4 N–H and O–H groups in total. The number of hydrogen-bond donors (Lipinski definition) is 3. The quantitative estimate of drug-likeness (QED) is 0.584. The van der Waals surface area contributed by atoms with Crippen molar-refractivity contribution in [1.29, 1.82) is 0 Å². The molecule has 0 saturated heterocycles. The monoisotopic (exact) mass is 425 g/mol. The summed E-state index contributed by atoms with van der Waals surface area (Å²) >= 11 is 7.40. The van der Waals surface area contributed by atoms with Gasteiger partial charge in [0.05, 0.1) is 22.3 Å². The van der Waals surface area contributed by atoms with Crippen molar-refractivity contribution in [2.24, 2.45) is 5.73 Å². The predicted molar refractivity (Wildman–Crippen MR) is 107 cm³/mol. The van der Waals surface area contributed by atoms with Crippen molar-refractivity contribution in [3.05, 3.63) is 45.7 Å². The lowest BCUT2D eigenvalue weighted by molar-refractivity contribution is -0.0554. The number of halogens is 3. The average Bonchev–Trinajstić information content (AvgIpc) is 3.25. The van der Waals surface area contributed by atoms with Crippen LogP contribution in [-0.2, 0) is 0 Å². The lowest BCUT2D eigenvalue weighted by atomic mass is 9.87. The number of carbonyl (C=O) groups excluding carboxylic acids is 1. The van der Waals surface area contributed by atoms with E-state index in [0.717, 1.165) is 0 Å². The summed E-state index contributed by atoms with van der Waals surface area (Å²) in [5.41, 5.74) is 7.27. The maximum Gasteiger partial charge on any atom is 0.274 e. The summed E-state index contributed by atoms with van der Waals surface area (Å²) in [6, 6.07) is 4.96. The minimum atomic E-state index is -2.90. The number of nitrogens with one attached hydrogen (secondary N) is 2. The minimum absolute atomic E-state index is 0.203. The number of hydrogen-bond acceptors (Lipinski definition) is 5. The van der Waals surface area contributed by atoms with Crippen LogP contribution in [0.25, 0.3) is 5.52 Å². The number of amides is 1. The van der Waals surface area contributed by atoms with Crippen LogP contribution in [0.4, 0.5) is 20.3 Å². The summed E-state index contributed by atoms with van der Waals surface area (Å²) in [5.74, 6) is -2.89. The average molecular weight is 426 g/mol. The van der Waals surface area contributed by atoms with Crippen molar-refractivity contribution >= 4 is 45.9 Å². The smallest absolute Gasteiger partial charge is 0.274 e. The van der Waals surface area contributed by atoms with Crippen molar-refractivity contribution in [2.45, 2.75) is 37.3 Å². The van der Waals surface area contributed by atoms with Crippen LogP contribution in [0.2, 0.25) is 5.02 Å². The Hall–Kier alpha value is -2.23. The van der Waals surface area contributed by atoms with E-state index in [4.69, 9.17) is 17.3 Å². The Balaban J connectivity index is 1.58. The van der Waals surface area contributed by atoms with Crippen LogP contribution >= 0.6 is 22.9 Å². The summed E-state index contributed by atoms with van der Waals surface area (Å²) in [6.07, 6.45) is 0.719. The van der Waals surface area contributed by atoms with Gasteiger partial charge in [0.2, 0.25) is 0 Å². The molecule has 1 aliphatic rings. The number of carbonyl (C=O) groups is 1. The second-order valence-corrected chi connectivity index (χ2v) is 7.94. The third kappa shape index (κ3) is 3.57. The summed E-state index contributed by atoms with van der Waals surface area (Å²) in [6.45, 7) is 0. The molecule has 3 heterocycles. The van der Waals surface area contributed by atoms with Crippen molar-refractivity contribution in [3.63, 3.8) is 0 Å². The van der Waals surface area contributed by atoms with Crippen molar-refractivity contribution < 1.29 is 13.6 Å². The fraction of sp³-hybridized carbons (Fsp3) is 0.333. The number of nitrogens with two attached hydrogens (primary N) is 1. The van der Waals surface area contributed by atoms with Gasteiger partial charge < -0.3 is 16.4 Å². The predicted octanol–water partition coefficient (Wildman–Crippen LogP) is 4.23. The lowest BCUT2D eigenvalue weighted by Crippen LogP contribution is -2.55. The number of nitrogens with zero attached hydrogens (tertiary/aromatic N) is 2. The van der Waals surface area contributed by atoms with Gasteiger partial charge in [0, 0.05) is 23.2 Å². The largest absolute Gasteiger partial charge is 0.364 e. The molecule has 0 unspecified atom stereocenters. The Labute approximate surface area is 168 Å². The van der Waals surface area contributed by atoms with Crippen LogP contribution in [0.3, 0.4) is 0 Å². The van der Waals surface area contributed by atoms with Gasteiger partial charge in [-0.15, -0.1) is 16.4 Å². The van der Waals surface area contributed by atoms with E-state index < -0.39 is 18.0 Å². The van der Waals surface area contributed by atoms with Gasteiger partial charge in [-0.2, -0.15) is 0 Å². The molecular formula is C18H18ClF2N5OS. The van der Waals surface area contributed by atoms with Gasteiger partial charge in [0.25, 0.3) is 11.8 Å². The molecule has 2 atom stereocenters. The van der Waals surface area contributed by atoms with Gasteiger partial charge in [-0.25, -0.2) is 13.3 Å². The number of rotatable bonds is 4. The summed E-state index contributed by atoms with van der Waals surface area (Å²) in [5, 5.41) is 14.1. The molecule has 3 aromatic rings. The molecular weight excluding hydrogens is 408 g/mol. The lowest BCUT2D eigenvalue weighted by Gasteiger charge is -2.36. The summed E-state index contributed by atoms with van der Waals surface area (Å²) in [7, 11) is 0. The van der Waals surface area contributed by atoms with Crippen molar-refractivity contribution in [1.82, 2.24) is 9.61 Å². The van der Waals surface area contributed by atoms with E-state index in [1.54, 1.807) is 35.0 Å². The Morgan fingerprint density at radius 2 is 2.11 bits per heavy atom. The first-order chi connectivity index (χ1) is 13.3. The van der Waals surface area contributed by atoms with E-state index in [-0.39, 0.29) is 12.3 Å². The second kappa shape index (κ2) is 7.31. The third-order valence-electron chi connectivity index (χ3n) is 4.88. The Kier molecular flexibility index (Phi) is 4.98. The minimum Gasteiger partial charge on any atom is -0.364 e. The zero-order valence-corrected chi connectivity index (χ0v) is 16.2. The maximum absolute atomic E-state index is 13.9. The number of thiophene rings is 1. The third-order valence-corrected chi connectivity index (χ3v) is 6.07. The molecule has 4 rings (SSSR count).